The van der Waals surface area contributed by atoms with Gasteiger partial charge >= 0.3 is 0 Å². The van der Waals surface area contributed by atoms with Crippen molar-refractivity contribution in [3.05, 3.63) is 35.4 Å². The van der Waals surface area contributed by atoms with E-state index in [-0.39, 0.29) is 5.91 Å². The van der Waals surface area contributed by atoms with Crippen molar-refractivity contribution in [2.75, 3.05) is 13.6 Å². The van der Waals surface area contributed by atoms with Crippen molar-refractivity contribution in [3.63, 3.8) is 0 Å². The Labute approximate surface area is 114 Å². The summed E-state index contributed by atoms with van der Waals surface area (Å²) in [6, 6.07) is 9.00. The second-order valence-corrected chi connectivity index (χ2v) is 5.38. The number of carbonyl (C=O) groups excluding carboxylic acids is 1. The lowest BCUT2D eigenvalue weighted by Gasteiger charge is -2.27. The highest BCUT2D eigenvalue weighted by molar-refractivity contribution is 5.94. The fraction of sp³-hybridized carbons (Fsp3) is 0.500. The van der Waals surface area contributed by atoms with Crippen molar-refractivity contribution in [1.29, 1.82) is 5.26 Å². The molecule has 1 aromatic carbocycles. The van der Waals surface area contributed by atoms with E-state index >= 15 is 0 Å². The standard InChI is InChI=1S/C16H20N2O/c1-18(12-13-6-3-2-4-7-13)16(19)15-9-5-8-14(10-15)11-17/h5,8-10,13H,2-4,6-7,12H2,1H3. The van der Waals surface area contributed by atoms with Crippen molar-refractivity contribution < 1.29 is 4.79 Å². The summed E-state index contributed by atoms with van der Waals surface area (Å²) >= 11 is 0. The van der Waals surface area contributed by atoms with Gasteiger partial charge in [-0.25, -0.2) is 0 Å². The lowest BCUT2D eigenvalue weighted by atomic mass is 9.89. The Morgan fingerprint density at radius 3 is 2.79 bits per heavy atom. The lowest BCUT2D eigenvalue weighted by molar-refractivity contribution is 0.0760. The van der Waals surface area contributed by atoms with Crippen LogP contribution in [0.25, 0.3) is 0 Å². The second kappa shape index (κ2) is 6.38. The molecule has 0 spiro atoms. The Morgan fingerprint density at radius 2 is 2.11 bits per heavy atom. The highest BCUT2D eigenvalue weighted by atomic mass is 16.2. The molecule has 19 heavy (non-hydrogen) atoms. The van der Waals surface area contributed by atoms with Gasteiger partial charge in [0, 0.05) is 19.2 Å². The Bertz CT molecular complexity index is 484. The normalized spacial score (nSPS) is 15.8. The number of nitriles is 1. The van der Waals surface area contributed by atoms with Gasteiger partial charge in [-0.15, -0.1) is 0 Å². The molecule has 0 radical (unpaired) electrons. The summed E-state index contributed by atoms with van der Waals surface area (Å²) in [4.78, 5) is 14.1. The maximum absolute atomic E-state index is 12.3. The highest BCUT2D eigenvalue weighted by Crippen LogP contribution is 2.24. The summed E-state index contributed by atoms with van der Waals surface area (Å²) in [6.45, 7) is 0.829. The van der Waals surface area contributed by atoms with E-state index in [4.69, 9.17) is 5.26 Å². The first-order valence-electron chi connectivity index (χ1n) is 6.96. The van der Waals surface area contributed by atoms with Crippen LogP contribution in [0, 0.1) is 17.2 Å². The average molecular weight is 256 g/mol. The number of nitrogens with zero attached hydrogens (tertiary/aromatic N) is 2. The fourth-order valence-corrected chi connectivity index (χ4v) is 2.78. The number of hydrogen-bond donors (Lipinski definition) is 0. The van der Waals surface area contributed by atoms with Crippen LogP contribution in [0.5, 0.6) is 0 Å². The van der Waals surface area contributed by atoms with Gasteiger partial charge in [0.05, 0.1) is 11.6 Å². The molecule has 1 aliphatic rings. The molecule has 2 rings (SSSR count). The zero-order valence-corrected chi connectivity index (χ0v) is 11.4. The summed E-state index contributed by atoms with van der Waals surface area (Å²) < 4.78 is 0. The summed E-state index contributed by atoms with van der Waals surface area (Å²) in [5, 5.41) is 8.87. The van der Waals surface area contributed by atoms with E-state index in [1.165, 1.54) is 32.1 Å². The van der Waals surface area contributed by atoms with Gasteiger partial charge in [0.15, 0.2) is 0 Å². The van der Waals surface area contributed by atoms with Crippen molar-refractivity contribution in [1.82, 2.24) is 4.90 Å². The molecule has 0 unspecified atom stereocenters. The summed E-state index contributed by atoms with van der Waals surface area (Å²) in [6.07, 6.45) is 6.37. The minimum absolute atomic E-state index is 0.0164. The topological polar surface area (TPSA) is 44.1 Å². The number of rotatable bonds is 3. The predicted molar refractivity (Wildman–Crippen MR) is 74.7 cm³/mol. The molecular formula is C16H20N2O. The van der Waals surface area contributed by atoms with Crippen LogP contribution in [0.1, 0.15) is 48.0 Å². The third-order valence-electron chi connectivity index (χ3n) is 3.84. The Kier molecular flexibility index (Phi) is 4.57. The molecule has 0 heterocycles. The maximum Gasteiger partial charge on any atom is 0.253 e. The molecule has 1 fully saturated rings. The third-order valence-corrected chi connectivity index (χ3v) is 3.84. The molecule has 0 atom stereocenters. The van der Waals surface area contributed by atoms with Gasteiger partial charge in [-0.2, -0.15) is 5.26 Å². The molecule has 1 saturated carbocycles. The molecule has 0 aliphatic heterocycles. The predicted octanol–water partition coefficient (Wildman–Crippen LogP) is 3.21. The monoisotopic (exact) mass is 256 g/mol. The molecular weight excluding hydrogens is 236 g/mol. The number of carbonyl (C=O) groups is 1. The molecule has 0 N–H and O–H groups in total. The largest absolute Gasteiger partial charge is 0.341 e. The molecule has 100 valence electrons. The highest BCUT2D eigenvalue weighted by Gasteiger charge is 2.19. The second-order valence-electron chi connectivity index (χ2n) is 5.38. The van der Waals surface area contributed by atoms with Crippen molar-refractivity contribution in [2.24, 2.45) is 5.92 Å². The minimum Gasteiger partial charge on any atom is -0.341 e. The van der Waals surface area contributed by atoms with Crippen LogP contribution in [0.4, 0.5) is 0 Å². The summed E-state index contributed by atoms with van der Waals surface area (Å²) in [5.41, 5.74) is 1.15. The van der Waals surface area contributed by atoms with E-state index in [2.05, 4.69) is 6.07 Å². The van der Waals surface area contributed by atoms with E-state index in [9.17, 15) is 4.79 Å². The first-order valence-corrected chi connectivity index (χ1v) is 6.96. The smallest absolute Gasteiger partial charge is 0.253 e. The molecule has 0 saturated heterocycles. The van der Waals surface area contributed by atoms with Gasteiger partial charge in [0.2, 0.25) is 0 Å². The molecule has 1 aromatic rings. The molecule has 3 heteroatoms. The van der Waals surface area contributed by atoms with Gasteiger partial charge < -0.3 is 4.90 Å². The number of benzene rings is 1. The summed E-state index contributed by atoms with van der Waals surface area (Å²) in [5.74, 6) is 0.657. The molecule has 1 amide bonds. The molecule has 3 nitrogen and oxygen atoms in total. The molecule has 1 aliphatic carbocycles. The molecule has 0 bridgehead atoms. The fourth-order valence-electron chi connectivity index (χ4n) is 2.78. The van der Waals surface area contributed by atoms with Crippen LogP contribution in [-0.2, 0) is 0 Å². The third kappa shape index (κ3) is 3.57. The maximum atomic E-state index is 12.3. The van der Waals surface area contributed by atoms with Gasteiger partial charge in [0.1, 0.15) is 0 Å². The Balaban J connectivity index is 1.99. The van der Waals surface area contributed by atoms with E-state index in [1.807, 2.05) is 7.05 Å². The van der Waals surface area contributed by atoms with Crippen LogP contribution in [0.3, 0.4) is 0 Å². The van der Waals surface area contributed by atoms with Gasteiger partial charge in [-0.1, -0.05) is 25.3 Å². The lowest BCUT2D eigenvalue weighted by Crippen LogP contribution is -2.32. The molecule has 0 aromatic heterocycles. The van der Waals surface area contributed by atoms with Crippen molar-refractivity contribution >= 4 is 5.91 Å². The van der Waals surface area contributed by atoms with Crippen LogP contribution >= 0.6 is 0 Å². The van der Waals surface area contributed by atoms with Crippen molar-refractivity contribution in [2.45, 2.75) is 32.1 Å². The first-order chi connectivity index (χ1) is 9.20. The average Bonchev–Trinajstić information content (AvgIpc) is 2.47. The SMILES string of the molecule is CN(CC1CCCCC1)C(=O)c1cccc(C#N)c1. The Morgan fingerprint density at radius 1 is 1.37 bits per heavy atom. The number of amides is 1. The van der Waals surface area contributed by atoms with Crippen molar-refractivity contribution in [3.8, 4) is 6.07 Å². The van der Waals surface area contributed by atoms with E-state index in [0.29, 0.717) is 17.0 Å². The van der Waals surface area contributed by atoms with Gasteiger partial charge in [0.25, 0.3) is 5.91 Å². The minimum atomic E-state index is 0.0164. The van der Waals surface area contributed by atoms with Crippen LogP contribution in [0.2, 0.25) is 0 Å². The van der Waals surface area contributed by atoms with E-state index in [1.54, 1.807) is 29.2 Å². The van der Waals surface area contributed by atoms with E-state index in [0.717, 1.165) is 6.54 Å². The number of hydrogen-bond acceptors (Lipinski definition) is 2. The van der Waals surface area contributed by atoms with Crippen LogP contribution in [-0.4, -0.2) is 24.4 Å². The van der Waals surface area contributed by atoms with Gasteiger partial charge in [-0.3, -0.25) is 4.79 Å². The summed E-state index contributed by atoms with van der Waals surface area (Å²) in [7, 11) is 1.86. The van der Waals surface area contributed by atoms with E-state index < -0.39 is 0 Å². The Hall–Kier alpha value is -1.82. The van der Waals surface area contributed by atoms with Crippen LogP contribution in [0.15, 0.2) is 24.3 Å². The quantitative estimate of drug-likeness (QED) is 0.833. The van der Waals surface area contributed by atoms with Crippen LogP contribution < -0.4 is 0 Å². The first kappa shape index (κ1) is 13.6. The zero-order chi connectivity index (χ0) is 13.7. The van der Waals surface area contributed by atoms with Gasteiger partial charge in [-0.05, 0) is 37.0 Å². The zero-order valence-electron chi connectivity index (χ0n) is 11.4.